The number of rotatable bonds is 0. The molecule has 0 bridgehead atoms. The second-order valence-corrected chi connectivity index (χ2v) is 3.00. The predicted octanol–water partition coefficient (Wildman–Crippen LogP) is -2.27. The summed E-state index contributed by atoms with van der Waals surface area (Å²) in [7, 11) is 0. The fourth-order valence-electron chi connectivity index (χ4n) is 1.27. The standard InChI is InChI=1S/C8H6N.C5H5.CH3.2ClH.Zr/c1-2-4-8-7(3-1)5-6-9-8;1-2-4-5-3-1;;;;/h1-5,9H;1-3H,4H2;1H3;2*1H;/q3*-1;;;+2/p-2. The molecule has 0 saturated heterocycles. The van der Waals surface area contributed by atoms with Crippen molar-refractivity contribution in [3.8, 4) is 0 Å². The number of halogens is 2. The van der Waals surface area contributed by atoms with Crippen molar-refractivity contribution in [3.63, 3.8) is 0 Å². The van der Waals surface area contributed by atoms with E-state index in [2.05, 4.69) is 29.4 Å². The van der Waals surface area contributed by atoms with Crippen molar-refractivity contribution in [1.29, 1.82) is 0 Å². The van der Waals surface area contributed by atoms with Gasteiger partial charge in [-0.25, -0.2) is 12.2 Å². The maximum Gasteiger partial charge on any atom is 2.00 e. The van der Waals surface area contributed by atoms with Gasteiger partial charge in [0.15, 0.2) is 0 Å². The minimum atomic E-state index is 0. The molecular formula is C14H14Cl2NZr-3. The van der Waals surface area contributed by atoms with Gasteiger partial charge in [-0.3, -0.25) is 6.08 Å². The van der Waals surface area contributed by atoms with Crippen molar-refractivity contribution in [3.05, 3.63) is 68.3 Å². The molecule has 1 aromatic heterocycles. The van der Waals surface area contributed by atoms with Crippen LogP contribution in [-0.2, 0) is 26.2 Å². The molecule has 1 nitrogen and oxygen atoms in total. The van der Waals surface area contributed by atoms with Gasteiger partial charge < -0.3 is 37.2 Å². The number of H-pyrrole nitrogens is 1. The number of aromatic amines is 1. The molecule has 1 heterocycles. The summed E-state index contributed by atoms with van der Waals surface area (Å²) >= 11 is 0. The zero-order valence-electron chi connectivity index (χ0n) is 10.1. The van der Waals surface area contributed by atoms with Crippen molar-refractivity contribution in [2.24, 2.45) is 0 Å². The van der Waals surface area contributed by atoms with Gasteiger partial charge in [-0.1, -0.05) is 12.1 Å². The number of benzene rings is 1. The minimum absolute atomic E-state index is 0. The molecule has 1 N–H and O–H groups in total. The van der Waals surface area contributed by atoms with Crippen LogP contribution in [0.3, 0.4) is 0 Å². The summed E-state index contributed by atoms with van der Waals surface area (Å²) in [5.74, 6) is 0. The van der Waals surface area contributed by atoms with Gasteiger partial charge in [-0.15, -0.1) is 30.3 Å². The van der Waals surface area contributed by atoms with Gasteiger partial charge in [-0.05, 0) is 0 Å². The van der Waals surface area contributed by atoms with E-state index in [9.17, 15) is 0 Å². The molecule has 0 amide bonds. The molecule has 3 rings (SSSR count). The fourth-order valence-corrected chi connectivity index (χ4v) is 1.27. The average Bonchev–Trinajstić information content (AvgIpc) is 2.92. The van der Waals surface area contributed by atoms with Crippen LogP contribution in [0.15, 0.2) is 48.6 Å². The largest absolute Gasteiger partial charge is 2.00 e. The Kier molecular flexibility index (Phi) is 16.7. The summed E-state index contributed by atoms with van der Waals surface area (Å²) in [6, 6.07) is 10.1. The molecule has 2 aromatic rings. The molecule has 0 aliphatic heterocycles. The van der Waals surface area contributed by atoms with Crippen molar-refractivity contribution in [2.75, 3.05) is 0 Å². The summed E-state index contributed by atoms with van der Waals surface area (Å²) < 4.78 is 0. The number of hydrogen-bond donors (Lipinski definition) is 1. The molecule has 0 fully saturated rings. The second kappa shape index (κ2) is 13.1. The van der Waals surface area contributed by atoms with Crippen LogP contribution in [0.4, 0.5) is 0 Å². The van der Waals surface area contributed by atoms with Crippen molar-refractivity contribution in [1.82, 2.24) is 4.98 Å². The number of fused-ring (bicyclic) bond motifs is 1. The number of para-hydroxylation sites is 1. The Morgan fingerprint density at radius 3 is 2.33 bits per heavy atom. The van der Waals surface area contributed by atoms with Gasteiger partial charge in [0.2, 0.25) is 0 Å². The first-order valence-electron chi connectivity index (χ1n) is 4.62. The van der Waals surface area contributed by atoms with E-state index < -0.39 is 0 Å². The van der Waals surface area contributed by atoms with E-state index in [-0.39, 0.29) is 58.4 Å². The van der Waals surface area contributed by atoms with Crippen LogP contribution in [0.25, 0.3) is 10.9 Å². The Labute approximate surface area is 141 Å². The molecule has 18 heavy (non-hydrogen) atoms. The first-order chi connectivity index (χ1) is 6.97. The molecule has 1 aliphatic rings. The average molecular weight is 358 g/mol. The van der Waals surface area contributed by atoms with Crippen LogP contribution in [0.2, 0.25) is 0 Å². The van der Waals surface area contributed by atoms with E-state index in [0.717, 1.165) is 11.9 Å². The van der Waals surface area contributed by atoms with Gasteiger partial charge in [0.05, 0.1) is 0 Å². The summed E-state index contributed by atoms with van der Waals surface area (Å²) in [4.78, 5) is 2.99. The molecule has 96 valence electrons. The Balaban J connectivity index is -0.000000224. The van der Waals surface area contributed by atoms with Gasteiger partial charge in [0, 0.05) is 0 Å². The molecule has 0 spiro atoms. The topological polar surface area (TPSA) is 15.8 Å². The first kappa shape index (κ1) is 22.8. The quantitative estimate of drug-likeness (QED) is 0.512. The molecule has 1 aromatic carbocycles. The molecule has 0 radical (unpaired) electrons. The number of hydrogen-bond acceptors (Lipinski definition) is 0. The normalized spacial score (nSPS) is 10.0. The maximum absolute atomic E-state index is 2.99. The monoisotopic (exact) mass is 356 g/mol. The maximum atomic E-state index is 2.99. The molecule has 4 heteroatoms. The van der Waals surface area contributed by atoms with Crippen molar-refractivity contribution >= 4 is 10.9 Å². The van der Waals surface area contributed by atoms with Crippen LogP contribution >= 0.6 is 0 Å². The van der Waals surface area contributed by atoms with E-state index in [1.165, 1.54) is 5.39 Å². The van der Waals surface area contributed by atoms with Crippen LogP contribution in [0, 0.1) is 19.7 Å². The Hall–Kier alpha value is -0.297. The Morgan fingerprint density at radius 1 is 1.11 bits per heavy atom. The van der Waals surface area contributed by atoms with Gasteiger partial charge in [-0.2, -0.15) is 17.5 Å². The number of nitrogens with one attached hydrogen (secondary N) is 1. The third-order valence-electron chi connectivity index (χ3n) is 1.98. The zero-order chi connectivity index (χ0) is 9.64. The van der Waals surface area contributed by atoms with Crippen LogP contribution in [-0.4, -0.2) is 4.98 Å². The molecule has 0 saturated carbocycles. The van der Waals surface area contributed by atoms with Crippen molar-refractivity contribution in [2.45, 2.75) is 6.42 Å². The second-order valence-electron chi connectivity index (χ2n) is 3.00. The first-order valence-corrected chi connectivity index (χ1v) is 4.62. The minimum Gasteiger partial charge on any atom is -1.00 e. The Bertz CT molecular complexity index is 423. The van der Waals surface area contributed by atoms with Crippen LogP contribution < -0.4 is 24.8 Å². The van der Waals surface area contributed by atoms with Gasteiger partial charge in [0.25, 0.3) is 0 Å². The molecular weight excluding hydrogens is 344 g/mol. The molecule has 0 atom stereocenters. The van der Waals surface area contributed by atoms with Gasteiger partial charge >= 0.3 is 26.2 Å². The third kappa shape index (κ3) is 7.21. The van der Waals surface area contributed by atoms with Crippen molar-refractivity contribution < 1.29 is 51.0 Å². The van der Waals surface area contributed by atoms with E-state index in [1.54, 1.807) is 0 Å². The van der Waals surface area contributed by atoms with E-state index in [1.807, 2.05) is 36.4 Å². The van der Waals surface area contributed by atoms with Crippen LogP contribution in [0.5, 0.6) is 0 Å². The third-order valence-corrected chi connectivity index (χ3v) is 1.98. The summed E-state index contributed by atoms with van der Waals surface area (Å²) in [6.07, 6.45) is 12.9. The summed E-state index contributed by atoms with van der Waals surface area (Å²) in [6.45, 7) is 0. The van der Waals surface area contributed by atoms with E-state index >= 15 is 0 Å². The zero-order valence-corrected chi connectivity index (χ0v) is 14.1. The smallest absolute Gasteiger partial charge is 1.00 e. The summed E-state index contributed by atoms with van der Waals surface area (Å²) in [5.41, 5.74) is 1.15. The molecule has 0 unspecified atom stereocenters. The van der Waals surface area contributed by atoms with Crippen LogP contribution in [0.1, 0.15) is 6.42 Å². The summed E-state index contributed by atoms with van der Waals surface area (Å²) in [5, 5.41) is 1.22. The predicted molar refractivity (Wildman–Crippen MR) is 65.1 cm³/mol. The number of aromatic nitrogens is 1. The van der Waals surface area contributed by atoms with E-state index in [0.29, 0.717) is 0 Å². The van der Waals surface area contributed by atoms with E-state index in [4.69, 9.17) is 0 Å². The van der Waals surface area contributed by atoms with Gasteiger partial charge in [0.1, 0.15) is 0 Å². The fraction of sp³-hybridized carbons (Fsp3) is 0.0714. The number of allylic oxidation sites excluding steroid dienone is 4. The SMILES string of the molecule is [C-]1=CC=CC1.[CH3-].[Cl-].[Cl-].[Zr+2].[c-]1cc2ccccc2[nH]1. The Morgan fingerprint density at radius 2 is 1.83 bits per heavy atom. The molecule has 1 aliphatic carbocycles.